The SMILES string of the molecule is CON=C1C2CCCC1C(c1ccc(F)cc1)N(C)C2c1ccc(F)cc1. The molecule has 1 heterocycles. The number of fused-ring (bicyclic) bond motifs is 2. The molecule has 0 radical (unpaired) electrons. The predicted molar refractivity (Wildman–Crippen MR) is 101 cm³/mol. The summed E-state index contributed by atoms with van der Waals surface area (Å²) in [6.07, 6.45) is 3.17. The maximum absolute atomic E-state index is 13.5. The van der Waals surface area contributed by atoms with Crippen molar-refractivity contribution in [2.24, 2.45) is 17.0 Å². The first kappa shape index (κ1) is 18.1. The molecule has 2 aromatic carbocycles. The van der Waals surface area contributed by atoms with E-state index in [4.69, 9.17) is 4.84 Å². The van der Waals surface area contributed by atoms with E-state index in [1.807, 2.05) is 24.3 Å². The van der Waals surface area contributed by atoms with E-state index in [-0.39, 0.29) is 35.6 Å². The second-order valence-electron chi connectivity index (χ2n) is 7.50. The Morgan fingerprint density at radius 2 is 1.30 bits per heavy atom. The molecular formula is C22H24F2N2O. The van der Waals surface area contributed by atoms with Gasteiger partial charge in [0.05, 0.1) is 5.71 Å². The van der Waals surface area contributed by atoms with E-state index < -0.39 is 0 Å². The average molecular weight is 370 g/mol. The molecule has 4 atom stereocenters. The molecule has 0 N–H and O–H groups in total. The van der Waals surface area contributed by atoms with Crippen LogP contribution in [0.3, 0.4) is 0 Å². The van der Waals surface area contributed by atoms with Crippen molar-refractivity contribution in [3.8, 4) is 0 Å². The second kappa shape index (κ2) is 7.39. The zero-order chi connectivity index (χ0) is 19.0. The first-order valence-corrected chi connectivity index (χ1v) is 9.44. The maximum Gasteiger partial charge on any atom is 0.123 e. The minimum Gasteiger partial charge on any atom is -0.399 e. The molecule has 2 aliphatic rings. The fourth-order valence-electron chi connectivity index (χ4n) is 5.00. The number of likely N-dealkylation sites (tertiary alicyclic amines) is 1. The zero-order valence-corrected chi connectivity index (χ0v) is 15.6. The molecule has 2 aromatic rings. The van der Waals surface area contributed by atoms with Gasteiger partial charge in [0.1, 0.15) is 18.7 Å². The van der Waals surface area contributed by atoms with Gasteiger partial charge in [-0.15, -0.1) is 0 Å². The van der Waals surface area contributed by atoms with Crippen LogP contribution < -0.4 is 0 Å². The van der Waals surface area contributed by atoms with Crippen LogP contribution in [0.25, 0.3) is 0 Å². The molecule has 1 aliphatic carbocycles. The van der Waals surface area contributed by atoms with E-state index in [0.29, 0.717) is 0 Å². The first-order valence-electron chi connectivity index (χ1n) is 9.44. The van der Waals surface area contributed by atoms with E-state index in [1.165, 1.54) is 24.3 Å². The average Bonchev–Trinajstić information content (AvgIpc) is 2.66. The van der Waals surface area contributed by atoms with Crippen molar-refractivity contribution in [1.29, 1.82) is 0 Å². The van der Waals surface area contributed by atoms with Gasteiger partial charge in [0.25, 0.3) is 0 Å². The van der Waals surface area contributed by atoms with E-state index in [0.717, 1.165) is 36.1 Å². The van der Waals surface area contributed by atoms with Gasteiger partial charge < -0.3 is 4.84 Å². The normalized spacial score (nSPS) is 28.1. The van der Waals surface area contributed by atoms with Crippen molar-refractivity contribution in [3.05, 3.63) is 71.3 Å². The molecule has 1 aliphatic heterocycles. The van der Waals surface area contributed by atoms with Crippen LogP contribution in [0.15, 0.2) is 53.7 Å². The molecular weight excluding hydrogens is 346 g/mol. The highest BCUT2D eigenvalue weighted by Crippen LogP contribution is 2.51. The van der Waals surface area contributed by atoms with Crippen LogP contribution in [0.5, 0.6) is 0 Å². The van der Waals surface area contributed by atoms with Crippen molar-refractivity contribution < 1.29 is 13.6 Å². The molecule has 0 spiro atoms. The van der Waals surface area contributed by atoms with Crippen molar-refractivity contribution >= 4 is 5.71 Å². The Bertz CT molecular complexity index is 756. The smallest absolute Gasteiger partial charge is 0.123 e. The molecule has 2 fully saturated rings. The lowest BCUT2D eigenvalue weighted by molar-refractivity contribution is 0.0609. The molecule has 4 rings (SSSR count). The Morgan fingerprint density at radius 3 is 1.70 bits per heavy atom. The van der Waals surface area contributed by atoms with Gasteiger partial charge >= 0.3 is 0 Å². The van der Waals surface area contributed by atoms with E-state index in [1.54, 1.807) is 7.11 Å². The van der Waals surface area contributed by atoms with E-state index in [9.17, 15) is 8.78 Å². The largest absolute Gasteiger partial charge is 0.399 e. The van der Waals surface area contributed by atoms with Crippen molar-refractivity contribution in [1.82, 2.24) is 4.90 Å². The lowest BCUT2D eigenvalue weighted by Gasteiger charge is -2.52. The Morgan fingerprint density at radius 1 is 0.852 bits per heavy atom. The van der Waals surface area contributed by atoms with Gasteiger partial charge in [-0.25, -0.2) is 8.78 Å². The number of nitrogens with zero attached hydrogens (tertiary/aromatic N) is 2. The molecule has 142 valence electrons. The quantitative estimate of drug-likeness (QED) is 0.701. The number of benzene rings is 2. The minimum atomic E-state index is -0.236. The van der Waals surface area contributed by atoms with E-state index >= 15 is 0 Å². The molecule has 4 unspecified atom stereocenters. The zero-order valence-electron chi connectivity index (χ0n) is 15.6. The highest BCUT2D eigenvalue weighted by Gasteiger charge is 2.48. The number of halogens is 2. The number of hydrogen-bond acceptors (Lipinski definition) is 3. The van der Waals surface area contributed by atoms with Crippen LogP contribution in [0.2, 0.25) is 0 Å². The summed E-state index contributed by atoms with van der Waals surface area (Å²) in [5.41, 5.74) is 3.21. The Kier molecular flexibility index (Phi) is 4.96. The molecule has 27 heavy (non-hydrogen) atoms. The second-order valence-corrected chi connectivity index (χ2v) is 7.50. The van der Waals surface area contributed by atoms with Crippen LogP contribution in [-0.4, -0.2) is 24.8 Å². The number of piperidine rings is 1. The van der Waals surface area contributed by atoms with Gasteiger partial charge in [-0.05, 0) is 55.3 Å². The highest BCUT2D eigenvalue weighted by atomic mass is 19.1. The van der Waals surface area contributed by atoms with Crippen molar-refractivity contribution in [3.63, 3.8) is 0 Å². The lowest BCUT2D eigenvalue weighted by atomic mass is 9.66. The van der Waals surface area contributed by atoms with Gasteiger partial charge in [-0.2, -0.15) is 0 Å². The fourth-order valence-corrected chi connectivity index (χ4v) is 5.00. The third kappa shape index (κ3) is 3.25. The summed E-state index contributed by atoms with van der Waals surface area (Å²) in [5.74, 6) is -0.00841. The Hall–Kier alpha value is -2.27. The summed E-state index contributed by atoms with van der Waals surface area (Å²) in [6.45, 7) is 0. The van der Waals surface area contributed by atoms with Crippen molar-refractivity contribution in [2.45, 2.75) is 31.3 Å². The third-order valence-corrected chi connectivity index (χ3v) is 6.05. The summed E-state index contributed by atoms with van der Waals surface area (Å²) in [7, 11) is 3.69. The van der Waals surface area contributed by atoms with Crippen molar-refractivity contribution in [2.75, 3.05) is 14.2 Å². The monoisotopic (exact) mass is 370 g/mol. The van der Waals surface area contributed by atoms with Crippen LogP contribution in [0, 0.1) is 23.5 Å². The molecule has 0 amide bonds. The molecule has 0 aromatic heterocycles. The highest BCUT2D eigenvalue weighted by molar-refractivity contribution is 5.91. The maximum atomic E-state index is 13.5. The number of hydrogen-bond donors (Lipinski definition) is 0. The topological polar surface area (TPSA) is 24.8 Å². The van der Waals surface area contributed by atoms with E-state index in [2.05, 4.69) is 17.1 Å². The van der Waals surface area contributed by atoms with Crippen LogP contribution >= 0.6 is 0 Å². The minimum absolute atomic E-state index is 0.0751. The lowest BCUT2D eigenvalue weighted by Crippen LogP contribution is -2.51. The summed E-state index contributed by atoms with van der Waals surface area (Å²) in [5, 5.41) is 4.43. The summed E-state index contributed by atoms with van der Waals surface area (Å²) in [4.78, 5) is 7.56. The van der Waals surface area contributed by atoms with Gasteiger partial charge in [0, 0.05) is 23.9 Å². The Labute approximate surface area is 158 Å². The number of rotatable bonds is 3. The predicted octanol–water partition coefficient (Wildman–Crippen LogP) is 5.11. The van der Waals surface area contributed by atoms with Gasteiger partial charge in [-0.3, -0.25) is 4.90 Å². The standard InChI is InChI=1S/C22H24F2N2O/c1-26-21(14-6-10-16(23)11-7-14)18-4-3-5-19(20(18)25-27-2)22(26)15-8-12-17(24)13-9-15/h6-13,18-19,21-22H,3-5H2,1-2H3. The van der Waals surface area contributed by atoms with Gasteiger partial charge in [0.15, 0.2) is 0 Å². The first-order chi connectivity index (χ1) is 13.1. The fraction of sp³-hybridized carbons (Fsp3) is 0.409. The molecule has 2 bridgehead atoms. The number of oxime groups is 1. The van der Waals surface area contributed by atoms with Gasteiger partial charge in [0.2, 0.25) is 0 Å². The Balaban J connectivity index is 1.82. The molecule has 3 nitrogen and oxygen atoms in total. The molecule has 1 saturated carbocycles. The molecule has 5 heteroatoms. The van der Waals surface area contributed by atoms with Crippen LogP contribution in [0.1, 0.15) is 42.5 Å². The summed E-state index contributed by atoms with van der Waals surface area (Å²) < 4.78 is 27.0. The van der Waals surface area contributed by atoms with Crippen LogP contribution in [0.4, 0.5) is 8.78 Å². The summed E-state index contributed by atoms with van der Waals surface area (Å²) >= 11 is 0. The van der Waals surface area contributed by atoms with Crippen LogP contribution in [-0.2, 0) is 4.84 Å². The van der Waals surface area contributed by atoms with Gasteiger partial charge in [-0.1, -0.05) is 35.8 Å². The molecule has 1 saturated heterocycles. The summed E-state index contributed by atoms with van der Waals surface area (Å²) in [6, 6.07) is 13.6. The third-order valence-electron chi connectivity index (χ3n) is 6.05.